The van der Waals surface area contributed by atoms with E-state index in [-0.39, 0.29) is 15.2 Å². The highest BCUT2D eigenvalue weighted by molar-refractivity contribution is 9.10. The first-order valence-electron chi connectivity index (χ1n) is 3.18. The van der Waals surface area contributed by atoms with E-state index in [1.807, 2.05) is 0 Å². The smallest absolute Gasteiger partial charge is 0.511 e. The Balaban J connectivity index is 3.05. The zero-order valence-corrected chi connectivity index (χ0v) is 8.51. The lowest BCUT2D eigenvalue weighted by Crippen LogP contribution is -2.20. The van der Waals surface area contributed by atoms with Gasteiger partial charge in [-0.3, -0.25) is 0 Å². The minimum Gasteiger partial charge on any atom is -0.511 e. The van der Waals surface area contributed by atoms with Gasteiger partial charge in [-0.05, 0) is 22.0 Å². The SMILES string of the molecule is OB(O)Oc1cc(F)cc(Br)c1Cl. The molecule has 1 aromatic rings. The number of halogens is 3. The standard InChI is InChI=1S/C6H4BBrClFO3/c8-4-1-3(10)2-5(6(4)9)13-7(11)12/h1-2,11-12H. The molecule has 3 nitrogen and oxygen atoms in total. The first-order chi connectivity index (χ1) is 6.00. The molecule has 0 aliphatic heterocycles. The zero-order chi connectivity index (χ0) is 10.0. The highest BCUT2D eigenvalue weighted by atomic mass is 79.9. The third-order valence-electron chi connectivity index (χ3n) is 1.19. The second-order valence-corrected chi connectivity index (χ2v) is 3.38. The maximum Gasteiger partial charge on any atom is 0.707 e. The maximum absolute atomic E-state index is 12.7. The zero-order valence-electron chi connectivity index (χ0n) is 6.17. The quantitative estimate of drug-likeness (QED) is 0.633. The summed E-state index contributed by atoms with van der Waals surface area (Å²) in [6, 6.07) is 2.09. The van der Waals surface area contributed by atoms with Crippen LogP contribution in [0, 0.1) is 5.82 Å². The summed E-state index contributed by atoms with van der Waals surface area (Å²) in [7, 11) is -2.02. The second-order valence-electron chi connectivity index (χ2n) is 2.14. The van der Waals surface area contributed by atoms with Gasteiger partial charge in [0.05, 0.1) is 5.02 Å². The topological polar surface area (TPSA) is 49.7 Å². The molecule has 0 saturated carbocycles. The van der Waals surface area contributed by atoms with Crippen LogP contribution in [0.2, 0.25) is 5.02 Å². The van der Waals surface area contributed by atoms with Crippen LogP contribution in [-0.2, 0) is 0 Å². The fourth-order valence-electron chi connectivity index (χ4n) is 0.732. The van der Waals surface area contributed by atoms with E-state index in [1.165, 1.54) is 0 Å². The van der Waals surface area contributed by atoms with Crippen molar-refractivity contribution in [2.45, 2.75) is 0 Å². The van der Waals surface area contributed by atoms with Crippen LogP contribution in [0.5, 0.6) is 5.75 Å². The first-order valence-corrected chi connectivity index (χ1v) is 4.35. The lowest BCUT2D eigenvalue weighted by Gasteiger charge is -2.07. The molecule has 13 heavy (non-hydrogen) atoms. The van der Waals surface area contributed by atoms with Crippen molar-refractivity contribution in [3.05, 3.63) is 27.4 Å². The molecule has 0 radical (unpaired) electrons. The van der Waals surface area contributed by atoms with Crippen molar-refractivity contribution < 1.29 is 19.1 Å². The summed E-state index contributed by atoms with van der Waals surface area (Å²) in [4.78, 5) is 0. The molecule has 0 aliphatic rings. The summed E-state index contributed by atoms with van der Waals surface area (Å²) in [6.07, 6.45) is 0. The van der Waals surface area contributed by atoms with Gasteiger partial charge in [-0.2, -0.15) is 0 Å². The summed E-state index contributed by atoms with van der Waals surface area (Å²) >= 11 is 8.62. The van der Waals surface area contributed by atoms with Gasteiger partial charge in [-0.15, -0.1) is 0 Å². The highest BCUT2D eigenvalue weighted by Gasteiger charge is 2.16. The third kappa shape index (κ3) is 2.84. The van der Waals surface area contributed by atoms with Crippen LogP contribution in [0.3, 0.4) is 0 Å². The van der Waals surface area contributed by atoms with Gasteiger partial charge in [0.2, 0.25) is 0 Å². The molecule has 0 aliphatic carbocycles. The molecule has 7 heteroatoms. The van der Waals surface area contributed by atoms with Crippen LogP contribution in [-0.4, -0.2) is 17.4 Å². The van der Waals surface area contributed by atoms with Crippen molar-refractivity contribution in [1.82, 2.24) is 0 Å². The third-order valence-corrected chi connectivity index (χ3v) is 2.44. The lowest BCUT2D eigenvalue weighted by molar-refractivity contribution is 0.287. The summed E-state index contributed by atoms with van der Waals surface area (Å²) in [5.74, 6) is -0.726. The molecule has 0 saturated heterocycles. The van der Waals surface area contributed by atoms with Gasteiger partial charge >= 0.3 is 7.32 Å². The molecule has 0 spiro atoms. The van der Waals surface area contributed by atoms with Crippen LogP contribution in [0.25, 0.3) is 0 Å². The molecule has 0 heterocycles. The Kier molecular flexibility index (Phi) is 3.55. The Morgan fingerprint density at radius 3 is 2.62 bits per heavy atom. The van der Waals surface area contributed by atoms with E-state index in [2.05, 4.69) is 20.6 Å². The van der Waals surface area contributed by atoms with Crippen LogP contribution in [0.4, 0.5) is 4.39 Å². The van der Waals surface area contributed by atoms with Gasteiger partial charge < -0.3 is 14.7 Å². The van der Waals surface area contributed by atoms with Crippen molar-refractivity contribution in [3.8, 4) is 5.75 Å². The minimum atomic E-state index is -2.02. The Morgan fingerprint density at radius 2 is 2.08 bits per heavy atom. The van der Waals surface area contributed by atoms with Crippen molar-refractivity contribution in [2.75, 3.05) is 0 Å². The molecule has 0 aromatic heterocycles. The van der Waals surface area contributed by atoms with E-state index >= 15 is 0 Å². The van der Waals surface area contributed by atoms with Gasteiger partial charge in [0.15, 0.2) is 0 Å². The predicted octanol–water partition coefficient (Wildman–Crippen LogP) is 1.59. The van der Waals surface area contributed by atoms with E-state index in [4.69, 9.17) is 21.6 Å². The Labute approximate surface area is 87.4 Å². The molecule has 0 amide bonds. The molecule has 0 bridgehead atoms. The summed E-state index contributed by atoms with van der Waals surface area (Å²) in [5.41, 5.74) is 0. The number of hydrogen-bond donors (Lipinski definition) is 2. The van der Waals surface area contributed by atoms with Crippen molar-refractivity contribution >= 4 is 34.9 Å². The summed E-state index contributed by atoms with van der Waals surface area (Å²) < 4.78 is 17.4. The molecule has 70 valence electrons. The largest absolute Gasteiger partial charge is 0.707 e. The predicted molar refractivity (Wildman–Crippen MR) is 49.9 cm³/mol. The number of hydrogen-bond acceptors (Lipinski definition) is 3. The average molecular weight is 269 g/mol. The van der Waals surface area contributed by atoms with Crippen LogP contribution in [0.1, 0.15) is 0 Å². The van der Waals surface area contributed by atoms with Crippen molar-refractivity contribution in [1.29, 1.82) is 0 Å². The van der Waals surface area contributed by atoms with E-state index in [1.54, 1.807) is 0 Å². The van der Waals surface area contributed by atoms with E-state index in [9.17, 15) is 4.39 Å². The van der Waals surface area contributed by atoms with E-state index < -0.39 is 13.1 Å². The molecule has 1 aromatic carbocycles. The molecule has 1 rings (SSSR count). The monoisotopic (exact) mass is 268 g/mol. The molecular weight excluding hydrogens is 265 g/mol. The number of benzene rings is 1. The maximum atomic E-state index is 12.7. The fraction of sp³-hybridized carbons (Fsp3) is 0. The minimum absolute atomic E-state index is 0.0782. The molecule has 2 N–H and O–H groups in total. The normalized spacial score (nSPS) is 9.92. The van der Waals surface area contributed by atoms with Crippen LogP contribution in [0.15, 0.2) is 16.6 Å². The highest BCUT2D eigenvalue weighted by Crippen LogP contribution is 2.33. The molecule has 0 unspecified atom stereocenters. The van der Waals surface area contributed by atoms with Crippen LogP contribution < -0.4 is 4.65 Å². The lowest BCUT2D eigenvalue weighted by atomic mass is 10.2. The summed E-state index contributed by atoms with van der Waals surface area (Å²) in [6.45, 7) is 0. The van der Waals surface area contributed by atoms with E-state index in [0.29, 0.717) is 0 Å². The summed E-state index contributed by atoms with van der Waals surface area (Å²) in [5, 5.41) is 17.0. The Hall–Kier alpha value is -0.295. The average Bonchev–Trinajstić information content (AvgIpc) is 1.98. The molecule has 0 fully saturated rings. The number of rotatable bonds is 2. The fourth-order valence-corrected chi connectivity index (χ4v) is 1.30. The Morgan fingerprint density at radius 1 is 1.46 bits per heavy atom. The van der Waals surface area contributed by atoms with Crippen molar-refractivity contribution in [2.24, 2.45) is 0 Å². The first kappa shape index (κ1) is 10.8. The van der Waals surface area contributed by atoms with Crippen molar-refractivity contribution in [3.63, 3.8) is 0 Å². The Bertz CT molecular complexity index is 323. The van der Waals surface area contributed by atoms with Gasteiger partial charge in [0.1, 0.15) is 11.6 Å². The van der Waals surface area contributed by atoms with E-state index in [0.717, 1.165) is 12.1 Å². The molecular formula is C6H4BBrClFO3. The van der Waals surface area contributed by atoms with Gasteiger partial charge in [0, 0.05) is 10.5 Å². The molecule has 0 atom stereocenters. The van der Waals surface area contributed by atoms with Gasteiger partial charge in [-0.25, -0.2) is 4.39 Å². The van der Waals surface area contributed by atoms with Gasteiger partial charge in [0.25, 0.3) is 0 Å². The second kappa shape index (κ2) is 4.28. The van der Waals surface area contributed by atoms with Crippen LogP contribution >= 0.6 is 27.5 Å². The van der Waals surface area contributed by atoms with Gasteiger partial charge in [-0.1, -0.05) is 11.6 Å².